The van der Waals surface area contributed by atoms with Crippen LogP contribution in [0.4, 0.5) is 4.79 Å². The minimum Gasteiger partial charge on any atom is -0.497 e. The number of hydrogen-bond donors (Lipinski definition) is 3. The molecule has 7 heteroatoms. The third kappa shape index (κ3) is 4.97. The number of benzene rings is 2. The lowest BCUT2D eigenvalue weighted by Gasteiger charge is -2.35. The van der Waals surface area contributed by atoms with Crippen molar-refractivity contribution in [3.63, 3.8) is 0 Å². The molecule has 1 heterocycles. The fraction of sp³-hybridized carbons (Fsp3) is 0.435. The van der Waals surface area contributed by atoms with Crippen molar-refractivity contribution >= 4 is 6.03 Å². The number of methoxy groups -OCH3 is 3. The SMILES string of the molecule is CCNC(=O)NC[C@@H]1c2cc(OC)c(OC)cc2CC[NH+]1Cc1ccc(OC)cc1. The minimum absolute atomic E-state index is 0.110. The smallest absolute Gasteiger partial charge is 0.315 e. The van der Waals surface area contributed by atoms with Crippen LogP contribution >= 0.6 is 0 Å². The van der Waals surface area contributed by atoms with Gasteiger partial charge in [0, 0.05) is 24.1 Å². The van der Waals surface area contributed by atoms with Crippen molar-refractivity contribution in [1.29, 1.82) is 0 Å². The number of rotatable bonds is 8. The van der Waals surface area contributed by atoms with Gasteiger partial charge in [-0.1, -0.05) is 0 Å². The highest BCUT2D eigenvalue weighted by atomic mass is 16.5. The predicted octanol–water partition coefficient (Wildman–Crippen LogP) is 1.71. The van der Waals surface area contributed by atoms with Crippen molar-refractivity contribution in [2.75, 3.05) is 41.0 Å². The first-order valence-electron chi connectivity index (χ1n) is 10.3. The number of hydrogen-bond acceptors (Lipinski definition) is 4. The van der Waals surface area contributed by atoms with E-state index in [4.69, 9.17) is 14.2 Å². The molecule has 7 nitrogen and oxygen atoms in total. The van der Waals surface area contributed by atoms with Gasteiger partial charge in [-0.25, -0.2) is 4.79 Å². The van der Waals surface area contributed by atoms with E-state index in [9.17, 15) is 4.79 Å². The lowest BCUT2D eigenvalue weighted by molar-refractivity contribution is -0.945. The number of ether oxygens (including phenoxy) is 3. The molecule has 2 aromatic rings. The number of urea groups is 1. The minimum atomic E-state index is -0.145. The van der Waals surface area contributed by atoms with Gasteiger partial charge in [0.1, 0.15) is 18.3 Å². The molecule has 0 fully saturated rings. The van der Waals surface area contributed by atoms with Crippen LogP contribution in [0.25, 0.3) is 0 Å². The molecule has 0 saturated carbocycles. The first-order valence-corrected chi connectivity index (χ1v) is 10.3. The Morgan fingerprint density at radius 3 is 2.37 bits per heavy atom. The summed E-state index contributed by atoms with van der Waals surface area (Å²) in [4.78, 5) is 13.5. The molecule has 1 unspecified atom stereocenters. The summed E-state index contributed by atoms with van der Waals surface area (Å²) in [7, 11) is 4.98. The van der Waals surface area contributed by atoms with Crippen molar-refractivity contribution < 1.29 is 23.9 Å². The zero-order valence-corrected chi connectivity index (χ0v) is 18.2. The van der Waals surface area contributed by atoms with Gasteiger partial charge in [-0.15, -0.1) is 0 Å². The van der Waals surface area contributed by atoms with E-state index in [1.165, 1.54) is 21.6 Å². The van der Waals surface area contributed by atoms with Crippen molar-refractivity contribution in [1.82, 2.24) is 10.6 Å². The monoisotopic (exact) mass is 414 g/mol. The van der Waals surface area contributed by atoms with E-state index in [-0.39, 0.29) is 12.1 Å². The summed E-state index contributed by atoms with van der Waals surface area (Å²) in [6.07, 6.45) is 0.943. The fourth-order valence-electron chi connectivity index (χ4n) is 4.06. The second kappa shape index (κ2) is 10.2. The second-order valence-electron chi connectivity index (χ2n) is 7.38. The fourth-order valence-corrected chi connectivity index (χ4v) is 4.06. The maximum Gasteiger partial charge on any atom is 0.315 e. The highest BCUT2D eigenvalue weighted by Gasteiger charge is 2.33. The van der Waals surface area contributed by atoms with E-state index in [0.717, 1.165) is 31.0 Å². The van der Waals surface area contributed by atoms with E-state index in [1.54, 1.807) is 21.3 Å². The van der Waals surface area contributed by atoms with Crippen LogP contribution in [0.3, 0.4) is 0 Å². The van der Waals surface area contributed by atoms with Crippen molar-refractivity contribution in [2.24, 2.45) is 0 Å². The van der Waals surface area contributed by atoms with Crippen LogP contribution in [0.5, 0.6) is 17.2 Å². The number of carbonyl (C=O) groups excluding carboxylic acids is 1. The van der Waals surface area contributed by atoms with Gasteiger partial charge >= 0.3 is 6.03 Å². The van der Waals surface area contributed by atoms with E-state index >= 15 is 0 Å². The molecule has 0 saturated heterocycles. The third-order valence-corrected chi connectivity index (χ3v) is 5.62. The average Bonchev–Trinajstić information content (AvgIpc) is 2.78. The molecule has 162 valence electrons. The van der Waals surface area contributed by atoms with Crippen LogP contribution in [0.2, 0.25) is 0 Å². The normalized spacial score (nSPS) is 17.6. The molecule has 0 aliphatic carbocycles. The first-order chi connectivity index (χ1) is 14.6. The Labute approximate surface area is 178 Å². The van der Waals surface area contributed by atoms with Gasteiger partial charge in [0.15, 0.2) is 11.5 Å². The Hall–Kier alpha value is -2.93. The molecule has 3 N–H and O–H groups in total. The Morgan fingerprint density at radius 1 is 1.03 bits per heavy atom. The molecular weight excluding hydrogens is 382 g/mol. The number of fused-ring (bicyclic) bond motifs is 1. The molecule has 3 rings (SSSR count). The van der Waals surface area contributed by atoms with Crippen LogP contribution in [-0.4, -0.2) is 47.0 Å². The number of amides is 2. The topological polar surface area (TPSA) is 73.3 Å². The van der Waals surface area contributed by atoms with Gasteiger partial charge in [-0.05, 0) is 48.9 Å². The molecule has 0 spiro atoms. The highest BCUT2D eigenvalue weighted by molar-refractivity contribution is 5.73. The van der Waals surface area contributed by atoms with Crippen molar-refractivity contribution in [3.8, 4) is 17.2 Å². The molecule has 1 aliphatic heterocycles. The molecular formula is C23H32N3O4+. The number of carbonyl (C=O) groups is 1. The van der Waals surface area contributed by atoms with Crippen LogP contribution < -0.4 is 29.7 Å². The van der Waals surface area contributed by atoms with E-state index in [1.807, 2.05) is 19.1 Å². The van der Waals surface area contributed by atoms with Gasteiger partial charge in [-0.2, -0.15) is 0 Å². The summed E-state index contributed by atoms with van der Waals surface area (Å²) in [6, 6.07) is 12.3. The van der Waals surface area contributed by atoms with Crippen LogP contribution in [0, 0.1) is 0 Å². The van der Waals surface area contributed by atoms with E-state index < -0.39 is 0 Å². The van der Waals surface area contributed by atoms with Gasteiger partial charge in [-0.3, -0.25) is 0 Å². The maximum atomic E-state index is 12.1. The number of nitrogens with one attached hydrogen (secondary N) is 3. The Morgan fingerprint density at radius 2 is 1.73 bits per heavy atom. The first kappa shape index (κ1) is 21.8. The summed E-state index contributed by atoms with van der Waals surface area (Å²) in [5, 5.41) is 5.84. The highest BCUT2D eigenvalue weighted by Crippen LogP contribution is 2.34. The number of quaternary nitrogens is 1. The summed E-state index contributed by atoms with van der Waals surface area (Å²) < 4.78 is 16.3. The van der Waals surface area contributed by atoms with Gasteiger partial charge in [0.05, 0.1) is 34.4 Å². The van der Waals surface area contributed by atoms with Crippen molar-refractivity contribution in [2.45, 2.75) is 25.9 Å². The molecule has 2 atom stereocenters. The van der Waals surface area contributed by atoms with Crippen LogP contribution in [-0.2, 0) is 13.0 Å². The quantitative estimate of drug-likeness (QED) is 0.615. The summed E-state index contributed by atoms with van der Waals surface area (Å²) in [5.74, 6) is 2.30. The largest absolute Gasteiger partial charge is 0.497 e. The summed E-state index contributed by atoms with van der Waals surface area (Å²) >= 11 is 0. The van der Waals surface area contributed by atoms with E-state index in [0.29, 0.717) is 18.8 Å². The second-order valence-corrected chi connectivity index (χ2v) is 7.38. The predicted molar refractivity (Wildman–Crippen MR) is 116 cm³/mol. The molecule has 30 heavy (non-hydrogen) atoms. The van der Waals surface area contributed by atoms with Crippen molar-refractivity contribution in [3.05, 3.63) is 53.1 Å². The molecule has 0 aromatic heterocycles. The standard InChI is InChI=1S/C23H31N3O4/c1-5-24-23(27)25-14-20-19-13-22(30-4)21(29-3)12-17(19)10-11-26(20)15-16-6-8-18(28-2)9-7-16/h6-9,12-13,20H,5,10-11,14-15H2,1-4H3,(H2,24,25,27)/p+1/t20-/m1/s1. The Balaban J connectivity index is 1.88. The van der Waals surface area contributed by atoms with Crippen LogP contribution in [0.1, 0.15) is 29.7 Å². The molecule has 2 aromatic carbocycles. The zero-order valence-electron chi connectivity index (χ0n) is 18.2. The van der Waals surface area contributed by atoms with Crippen LogP contribution in [0.15, 0.2) is 36.4 Å². The molecule has 1 aliphatic rings. The third-order valence-electron chi connectivity index (χ3n) is 5.62. The van der Waals surface area contributed by atoms with Gasteiger partial charge in [0.25, 0.3) is 0 Å². The van der Waals surface area contributed by atoms with E-state index in [2.05, 4.69) is 34.9 Å². The Kier molecular flexibility index (Phi) is 7.41. The molecule has 0 bridgehead atoms. The molecule has 0 radical (unpaired) electrons. The van der Waals surface area contributed by atoms with Gasteiger partial charge in [0.2, 0.25) is 0 Å². The zero-order chi connectivity index (χ0) is 21.5. The average molecular weight is 415 g/mol. The lowest BCUT2D eigenvalue weighted by Crippen LogP contribution is -3.12. The maximum absolute atomic E-state index is 12.1. The summed E-state index contributed by atoms with van der Waals surface area (Å²) in [5.41, 5.74) is 3.67. The molecule has 2 amide bonds. The Bertz CT molecular complexity index is 854. The lowest BCUT2D eigenvalue weighted by atomic mass is 9.91. The van der Waals surface area contributed by atoms with Gasteiger partial charge < -0.3 is 29.7 Å². The summed E-state index contributed by atoms with van der Waals surface area (Å²) in [6.45, 7) is 4.88.